The van der Waals surface area contributed by atoms with Crippen molar-refractivity contribution in [3.63, 3.8) is 0 Å². The Hall–Kier alpha value is -4.08. The van der Waals surface area contributed by atoms with Crippen molar-refractivity contribution in [2.24, 2.45) is 5.92 Å². The van der Waals surface area contributed by atoms with E-state index in [2.05, 4.69) is 42.5 Å². The first kappa shape index (κ1) is 42.1. The Morgan fingerprint density at radius 1 is 0.500 bits per heavy atom. The fourth-order valence-electron chi connectivity index (χ4n) is 5.95. The van der Waals surface area contributed by atoms with E-state index in [9.17, 15) is 29.4 Å². The second-order valence-corrected chi connectivity index (χ2v) is 13.4. The summed E-state index contributed by atoms with van der Waals surface area (Å²) in [5.74, 6) is -4.51. The molecule has 0 heterocycles. The number of amides is 4. The minimum atomic E-state index is -1.21. The summed E-state index contributed by atoms with van der Waals surface area (Å²) in [6.07, 6.45) is 20.0. The number of benzene rings is 2. The van der Waals surface area contributed by atoms with Gasteiger partial charge in [0.1, 0.15) is 17.4 Å². The van der Waals surface area contributed by atoms with Crippen molar-refractivity contribution >= 4 is 23.6 Å². The SMILES string of the molecule is CCCCCCCCCC(C(=O)NNC(=O)c1ccc(CCCCCCC)cc1O)C(=O)NNC(=O)c1ccc(CCCCCCC)cc1O. The van der Waals surface area contributed by atoms with Gasteiger partial charge >= 0.3 is 0 Å². The van der Waals surface area contributed by atoms with Crippen molar-refractivity contribution in [1.29, 1.82) is 0 Å². The largest absolute Gasteiger partial charge is 0.507 e. The Morgan fingerprint density at radius 2 is 0.860 bits per heavy atom. The van der Waals surface area contributed by atoms with Crippen LogP contribution in [-0.2, 0) is 22.4 Å². The summed E-state index contributed by atoms with van der Waals surface area (Å²) < 4.78 is 0. The fourth-order valence-corrected chi connectivity index (χ4v) is 5.95. The zero-order valence-electron chi connectivity index (χ0n) is 30.7. The molecule has 2 rings (SSSR count). The molecule has 10 heteroatoms. The van der Waals surface area contributed by atoms with Crippen molar-refractivity contribution in [2.45, 2.75) is 149 Å². The number of carbonyl (C=O) groups is 4. The summed E-state index contributed by atoms with van der Waals surface area (Å²) in [7, 11) is 0. The van der Waals surface area contributed by atoms with Crippen molar-refractivity contribution in [3.8, 4) is 11.5 Å². The maximum absolute atomic E-state index is 13.2. The molecule has 0 spiro atoms. The molecule has 6 N–H and O–H groups in total. The molecule has 0 saturated carbocycles. The van der Waals surface area contributed by atoms with Crippen LogP contribution in [0.1, 0.15) is 168 Å². The molecule has 0 saturated heterocycles. The van der Waals surface area contributed by atoms with Gasteiger partial charge in [-0.15, -0.1) is 0 Å². The van der Waals surface area contributed by atoms with Gasteiger partial charge in [-0.2, -0.15) is 0 Å². The van der Waals surface area contributed by atoms with Gasteiger partial charge in [-0.1, -0.05) is 129 Å². The first-order valence-corrected chi connectivity index (χ1v) is 19.1. The zero-order chi connectivity index (χ0) is 36.6. The molecular weight excluding hydrogens is 632 g/mol. The Morgan fingerprint density at radius 3 is 1.24 bits per heavy atom. The Bertz CT molecular complexity index is 1240. The molecule has 0 fully saturated rings. The van der Waals surface area contributed by atoms with Crippen LogP contribution in [0.5, 0.6) is 11.5 Å². The first-order chi connectivity index (χ1) is 24.2. The van der Waals surface area contributed by atoms with Crippen molar-refractivity contribution in [1.82, 2.24) is 21.7 Å². The van der Waals surface area contributed by atoms with E-state index in [-0.39, 0.29) is 29.0 Å². The van der Waals surface area contributed by atoms with Crippen LogP contribution in [0, 0.1) is 5.92 Å². The van der Waals surface area contributed by atoms with Crippen molar-refractivity contribution in [3.05, 3.63) is 58.7 Å². The number of hydrogen-bond donors (Lipinski definition) is 6. The smallest absolute Gasteiger partial charge is 0.273 e. The molecular formula is C40H62N4O6. The minimum Gasteiger partial charge on any atom is -0.507 e. The van der Waals surface area contributed by atoms with E-state index in [1.54, 1.807) is 24.3 Å². The molecule has 0 bridgehead atoms. The monoisotopic (exact) mass is 694 g/mol. The van der Waals surface area contributed by atoms with Crippen molar-refractivity contribution in [2.75, 3.05) is 0 Å². The zero-order valence-corrected chi connectivity index (χ0v) is 30.7. The Labute approximate surface area is 299 Å². The highest BCUT2D eigenvalue weighted by molar-refractivity contribution is 6.04. The summed E-state index contributed by atoms with van der Waals surface area (Å²) >= 11 is 0. The highest BCUT2D eigenvalue weighted by Crippen LogP contribution is 2.22. The van der Waals surface area contributed by atoms with Crippen LogP contribution >= 0.6 is 0 Å². The van der Waals surface area contributed by atoms with Gasteiger partial charge in [-0.25, -0.2) is 0 Å². The Kier molecular flexibility index (Phi) is 21.0. The van der Waals surface area contributed by atoms with Gasteiger partial charge in [0, 0.05) is 0 Å². The van der Waals surface area contributed by atoms with Gasteiger partial charge in [-0.05, 0) is 67.5 Å². The minimum absolute atomic E-state index is 0.00250. The van der Waals surface area contributed by atoms with Gasteiger partial charge in [0.15, 0.2) is 0 Å². The van der Waals surface area contributed by atoms with Crippen molar-refractivity contribution < 1.29 is 29.4 Å². The van der Waals surface area contributed by atoms with Crippen LogP contribution in [0.15, 0.2) is 36.4 Å². The summed E-state index contributed by atoms with van der Waals surface area (Å²) in [4.78, 5) is 52.1. The second kappa shape index (κ2) is 25.0. The number of phenols is 2. The van der Waals surface area contributed by atoms with E-state index in [0.717, 1.165) is 81.8 Å². The predicted molar refractivity (Wildman–Crippen MR) is 198 cm³/mol. The average Bonchev–Trinajstić information content (AvgIpc) is 3.10. The molecule has 2 aromatic carbocycles. The molecule has 0 aliphatic rings. The number of aryl methyl sites for hydroxylation is 2. The standard InChI is InChI=1S/C40H62N4O6/c1-4-7-10-13-14-17-20-23-34(39(49)43-41-37(47)32-26-24-30(28-35(32)45)21-18-15-11-8-5-2)40(50)44-42-38(48)33-27-25-31(29-36(33)46)22-19-16-12-9-6-3/h24-29,34,45-46H,4-23H2,1-3H3,(H,41,47)(H,42,48)(H,43,49)(H,44,50). The van der Waals surface area contributed by atoms with Gasteiger partial charge in [0.25, 0.3) is 23.6 Å². The summed E-state index contributed by atoms with van der Waals surface area (Å²) in [6, 6.07) is 9.75. The molecule has 10 nitrogen and oxygen atoms in total. The predicted octanol–water partition coefficient (Wildman–Crippen LogP) is 8.10. The number of unbranched alkanes of at least 4 members (excludes halogenated alkanes) is 14. The van der Waals surface area contributed by atoms with Crippen LogP contribution in [0.4, 0.5) is 0 Å². The highest BCUT2D eigenvalue weighted by Gasteiger charge is 2.28. The first-order valence-electron chi connectivity index (χ1n) is 19.1. The number of hydrazine groups is 2. The second-order valence-electron chi connectivity index (χ2n) is 13.4. The lowest BCUT2D eigenvalue weighted by atomic mass is 9.98. The summed E-state index contributed by atoms with van der Waals surface area (Å²) in [6.45, 7) is 6.49. The van der Waals surface area contributed by atoms with E-state index in [4.69, 9.17) is 0 Å². The van der Waals surface area contributed by atoms with Crippen LogP contribution in [-0.4, -0.2) is 33.8 Å². The van der Waals surface area contributed by atoms with E-state index in [0.29, 0.717) is 6.42 Å². The summed E-state index contributed by atoms with van der Waals surface area (Å²) in [5, 5.41) is 21.0. The number of hydrogen-bond acceptors (Lipinski definition) is 6. The van der Waals surface area contributed by atoms with E-state index < -0.39 is 29.5 Å². The molecule has 0 aliphatic heterocycles. The molecule has 0 aromatic heterocycles. The van der Waals surface area contributed by atoms with Crippen LogP contribution in [0.3, 0.4) is 0 Å². The van der Waals surface area contributed by atoms with Crippen LogP contribution in [0.2, 0.25) is 0 Å². The maximum atomic E-state index is 13.2. The van der Waals surface area contributed by atoms with Gasteiger partial charge < -0.3 is 10.2 Å². The lowest BCUT2D eigenvalue weighted by molar-refractivity contribution is -0.136. The normalized spacial score (nSPS) is 11.0. The van der Waals surface area contributed by atoms with E-state index in [1.165, 1.54) is 57.1 Å². The lowest BCUT2D eigenvalue weighted by Crippen LogP contribution is -2.51. The molecule has 278 valence electrons. The number of phenolic OH excluding ortho intramolecular Hbond substituents is 2. The van der Waals surface area contributed by atoms with Crippen LogP contribution < -0.4 is 21.7 Å². The van der Waals surface area contributed by atoms with Gasteiger partial charge in [0.05, 0.1) is 11.1 Å². The van der Waals surface area contributed by atoms with E-state index >= 15 is 0 Å². The molecule has 50 heavy (non-hydrogen) atoms. The highest BCUT2D eigenvalue weighted by atomic mass is 16.3. The topological polar surface area (TPSA) is 157 Å². The molecule has 4 amide bonds. The third kappa shape index (κ3) is 16.1. The number of rotatable bonds is 24. The molecule has 0 radical (unpaired) electrons. The molecule has 0 unspecified atom stereocenters. The molecule has 2 aromatic rings. The summed E-state index contributed by atoms with van der Waals surface area (Å²) in [5.41, 5.74) is 11.1. The van der Waals surface area contributed by atoms with Crippen LogP contribution in [0.25, 0.3) is 0 Å². The number of carbonyl (C=O) groups excluding carboxylic acids is 4. The number of nitrogens with one attached hydrogen (secondary N) is 4. The lowest BCUT2D eigenvalue weighted by Gasteiger charge is -2.18. The van der Waals surface area contributed by atoms with E-state index in [1.807, 2.05) is 0 Å². The number of aromatic hydroxyl groups is 2. The average molecular weight is 695 g/mol. The fraction of sp³-hybridized carbons (Fsp3) is 0.600. The third-order valence-corrected chi connectivity index (χ3v) is 9.08. The molecule has 0 aliphatic carbocycles. The van der Waals surface area contributed by atoms with Gasteiger partial charge in [0.2, 0.25) is 0 Å². The van der Waals surface area contributed by atoms with Gasteiger partial charge in [-0.3, -0.25) is 40.9 Å². The maximum Gasteiger partial charge on any atom is 0.273 e. The molecule has 0 atom stereocenters. The third-order valence-electron chi connectivity index (χ3n) is 9.08. The quantitative estimate of drug-likeness (QED) is 0.0370. The Balaban J connectivity index is 1.97.